The third kappa shape index (κ3) is 3.21. The number of rotatable bonds is 2. The molecule has 0 aromatic heterocycles. The number of nitrogens with zero attached hydrogens (tertiary/aromatic N) is 1. The molecule has 2 aromatic carbocycles. The first-order valence-electron chi connectivity index (χ1n) is 5.68. The zero-order valence-corrected chi connectivity index (χ0v) is 11.9. The minimum Gasteiger partial charge on any atom is -0.321 e. The lowest BCUT2D eigenvalue weighted by Crippen LogP contribution is -2.12. The summed E-state index contributed by atoms with van der Waals surface area (Å²) in [6.07, 6.45) is 0. The van der Waals surface area contributed by atoms with E-state index in [1.54, 1.807) is 24.3 Å². The molecule has 4 heteroatoms. The smallest absolute Gasteiger partial charge is 0.255 e. The zero-order valence-electron chi connectivity index (χ0n) is 10.3. The Balaban J connectivity index is 2.23. The molecular formula is C15H11BrN2O. The minimum atomic E-state index is -0.235. The maximum Gasteiger partial charge on any atom is 0.255 e. The Labute approximate surface area is 120 Å². The summed E-state index contributed by atoms with van der Waals surface area (Å²) in [4.78, 5) is 12.1. The average Bonchev–Trinajstić information content (AvgIpc) is 2.42. The van der Waals surface area contributed by atoms with Crippen LogP contribution in [0.3, 0.4) is 0 Å². The van der Waals surface area contributed by atoms with Gasteiger partial charge in [-0.1, -0.05) is 12.1 Å². The van der Waals surface area contributed by atoms with E-state index in [0.717, 1.165) is 10.0 Å². The van der Waals surface area contributed by atoms with Crippen LogP contribution in [0.15, 0.2) is 46.9 Å². The lowest BCUT2D eigenvalue weighted by Gasteiger charge is -2.08. The van der Waals surface area contributed by atoms with E-state index in [-0.39, 0.29) is 5.91 Å². The topological polar surface area (TPSA) is 52.9 Å². The van der Waals surface area contributed by atoms with Crippen molar-refractivity contribution < 1.29 is 4.79 Å². The Morgan fingerprint density at radius 3 is 2.74 bits per heavy atom. The molecule has 19 heavy (non-hydrogen) atoms. The molecule has 0 heterocycles. The molecule has 0 aliphatic heterocycles. The molecule has 2 rings (SSSR count). The predicted molar refractivity (Wildman–Crippen MR) is 78.0 cm³/mol. The molecule has 0 fully saturated rings. The molecular weight excluding hydrogens is 304 g/mol. The van der Waals surface area contributed by atoms with E-state index < -0.39 is 0 Å². The number of benzene rings is 2. The van der Waals surface area contributed by atoms with E-state index in [9.17, 15) is 4.79 Å². The van der Waals surface area contributed by atoms with Gasteiger partial charge in [-0.05, 0) is 58.7 Å². The van der Waals surface area contributed by atoms with Crippen molar-refractivity contribution >= 4 is 27.5 Å². The molecule has 0 unspecified atom stereocenters. The molecule has 0 aliphatic carbocycles. The maximum absolute atomic E-state index is 12.1. The first kappa shape index (κ1) is 13.3. The van der Waals surface area contributed by atoms with Gasteiger partial charge in [-0.3, -0.25) is 4.79 Å². The number of amides is 1. The van der Waals surface area contributed by atoms with Crippen LogP contribution in [0.4, 0.5) is 5.69 Å². The third-order valence-corrected chi connectivity index (χ3v) is 3.28. The maximum atomic E-state index is 12.1. The van der Waals surface area contributed by atoms with Gasteiger partial charge in [0.2, 0.25) is 0 Å². The van der Waals surface area contributed by atoms with Gasteiger partial charge in [-0.25, -0.2) is 0 Å². The SMILES string of the molecule is Cc1ccc(NC(=O)c2cccc(C#N)c2)c(Br)c1. The summed E-state index contributed by atoms with van der Waals surface area (Å²) in [5.41, 5.74) is 2.75. The average molecular weight is 315 g/mol. The van der Waals surface area contributed by atoms with Crippen molar-refractivity contribution in [2.45, 2.75) is 6.92 Å². The Morgan fingerprint density at radius 1 is 1.26 bits per heavy atom. The molecule has 0 bridgehead atoms. The molecule has 1 N–H and O–H groups in total. The Hall–Kier alpha value is -2.12. The van der Waals surface area contributed by atoms with E-state index in [4.69, 9.17) is 5.26 Å². The fourth-order valence-electron chi connectivity index (χ4n) is 1.65. The quantitative estimate of drug-likeness (QED) is 0.914. The number of carbonyl (C=O) groups excluding carboxylic acids is 1. The van der Waals surface area contributed by atoms with Gasteiger partial charge in [-0.15, -0.1) is 0 Å². The molecule has 0 saturated heterocycles. The first-order chi connectivity index (χ1) is 9.10. The molecule has 0 atom stereocenters. The van der Waals surface area contributed by atoms with Gasteiger partial charge < -0.3 is 5.32 Å². The second-order valence-electron chi connectivity index (χ2n) is 4.13. The van der Waals surface area contributed by atoms with Crippen LogP contribution >= 0.6 is 15.9 Å². The highest BCUT2D eigenvalue weighted by Gasteiger charge is 2.08. The molecule has 0 saturated carbocycles. The van der Waals surface area contributed by atoms with Crippen molar-refractivity contribution in [1.29, 1.82) is 5.26 Å². The van der Waals surface area contributed by atoms with E-state index in [1.807, 2.05) is 31.2 Å². The van der Waals surface area contributed by atoms with Crippen LogP contribution in [0, 0.1) is 18.3 Å². The summed E-state index contributed by atoms with van der Waals surface area (Å²) in [5, 5.41) is 11.6. The fraction of sp³-hybridized carbons (Fsp3) is 0.0667. The largest absolute Gasteiger partial charge is 0.321 e. The highest BCUT2D eigenvalue weighted by molar-refractivity contribution is 9.10. The lowest BCUT2D eigenvalue weighted by molar-refractivity contribution is 0.102. The van der Waals surface area contributed by atoms with E-state index >= 15 is 0 Å². The monoisotopic (exact) mass is 314 g/mol. The van der Waals surface area contributed by atoms with Gasteiger partial charge in [0.25, 0.3) is 5.91 Å². The second kappa shape index (κ2) is 5.68. The summed E-state index contributed by atoms with van der Waals surface area (Å²) < 4.78 is 0.831. The van der Waals surface area contributed by atoms with E-state index in [1.165, 1.54) is 0 Å². The summed E-state index contributed by atoms with van der Waals surface area (Å²) in [6, 6.07) is 14.3. The van der Waals surface area contributed by atoms with Crippen molar-refractivity contribution in [3.8, 4) is 6.07 Å². The standard InChI is InChI=1S/C15H11BrN2O/c1-10-5-6-14(13(16)7-10)18-15(19)12-4-2-3-11(8-12)9-17/h2-8H,1H3,(H,18,19). The number of hydrogen-bond acceptors (Lipinski definition) is 2. The van der Waals surface area contributed by atoms with Crippen LogP contribution in [0.1, 0.15) is 21.5 Å². The summed E-state index contributed by atoms with van der Waals surface area (Å²) in [6.45, 7) is 1.98. The number of nitrogens with one attached hydrogen (secondary N) is 1. The Bertz CT molecular complexity index is 674. The molecule has 0 spiro atoms. The van der Waals surface area contributed by atoms with Crippen molar-refractivity contribution in [3.05, 3.63) is 63.6 Å². The van der Waals surface area contributed by atoms with Crippen molar-refractivity contribution in [1.82, 2.24) is 0 Å². The van der Waals surface area contributed by atoms with Gasteiger partial charge in [0.1, 0.15) is 0 Å². The summed E-state index contributed by atoms with van der Waals surface area (Å²) in [5.74, 6) is -0.235. The normalized spacial score (nSPS) is 9.74. The van der Waals surface area contributed by atoms with Gasteiger partial charge in [0.15, 0.2) is 0 Å². The zero-order chi connectivity index (χ0) is 13.8. The molecule has 0 radical (unpaired) electrons. The van der Waals surface area contributed by atoms with E-state index in [2.05, 4.69) is 21.2 Å². The summed E-state index contributed by atoms with van der Waals surface area (Å²) >= 11 is 3.41. The van der Waals surface area contributed by atoms with Gasteiger partial charge in [0, 0.05) is 10.0 Å². The van der Waals surface area contributed by atoms with Gasteiger partial charge in [0.05, 0.1) is 17.3 Å². The Kier molecular flexibility index (Phi) is 3.98. The van der Waals surface area contributed by atoms with Crippen LogP contribution < -0.4 is 5.32 Å². The second-order valence-corrected chi connectivity index (χ2v) is 4.98. The Morgan fingerprint density at radius 2 is 2.05 bits per heavy atom. The van der Waals surface area contributed by atoms with Gasteiger partial charge >= 0.3 is 0 Å². The minimum absolute atomic E-state index is 0.235. The number of anilines is 1. The van der Waals surface area contributed by atoms with Crippen LogP contribution in [-0.2, 0) is 0 Å². The van der Waals surface area contributed by atoms with E-state index in [0.29, 0.717) is 16.8 Å². The number of halogens is 1. The van der Waals surface area contributed by atoms with Crippen LogP contribution in [0.5, 0.6) is 0 Å². The van der Waals surface area contributed by atoms with Crippen LogP contribution in [0.25, 0.3) is 0 Å². The van der Waals surface area contributed by atoms with Crippen LogP contribution in [-0.4, -0.2) is 5.91 Å². The molecule has 0 aliphatic rings. The predicted octanol–water partition coefficient (Wildman–Crippen LogP) is 3.88. The summed E-state index contributed by atoms with van der Waals surface area (Å²) in [7, 11) is 0. The molecule has 1 amide bonds. The van der Waals surface area contributed by atoms with Gasteiger partial charge in [-0.2, -0.15) is 5.26 Å². The lowest BCUT2D eigenvalue weighted by atomic mass is 10.1. The highest BCUT2D eigenvalue weighted by atomic mass is 79.9. The fourth-order valence-corrected chi connectivity index (χ4v) is 2.24. The van der Waals surface area contributed by atoms with Crippen molar-refractivity contribution in [2.24, 2.45) is 0 Å². The molecule has 3 nitrogen and oxygen atoms in total. The van der Waals surface area contributed by atoms with Crippen LogP contribution in [0.2, 0.25) is 0 Å². The third-order valence-electron chi connectivity index (χ3n) is 2.63. The number of aryl methyl sites for hydroxylation is 1. The number of nitriles is 1. The number of hydrogen-bond donors (Lipinski definition) is 1. The first-order valence-corrected chi connectivity index (χ1v) is 6.47. The number of carbonyl (C=O) groups is 1. The van der Waals surface area contributed by atoms with Crippen molar-refractivity contribution in [2.75, 3.05) is 5.32 Å². The highest BCUT2D eigenvalue weighted by Crippen LogP contribution is 2.24. The molecule has 94 valence electrons. The van der Waals surface area contributed by atoms with Crippen molar-refractivity contribution in [3.63, 3.8) is 0 Å². The molecule has 2 aromatic rings.